The molecule has 0 N–H and O–H groups in total. The van der Waals surface area contributed by atoms with Gasteiger partial charge in [0.25, 0.3) is 5.69 Å². The molecular formula is C25H16ClN3O4. The van der Waals surface area contributed by atoms with Crippen LogP contribution in [0.5, 0.6) is 11.6 Å². The summed E-state index contributed by atoms with van der Waals surface area (Å²) in [5, 5.41) is 12.0. The Morgan fingerprint density at radius 1 is 0.970 bits per heavy atom. The number of nitrogens with zero attached hydrogens (tertiary/aromatic N) is 3. The lowest BCUT2D eigenvalue weighted by molar-refractivity contribution is -0.384. The van der Waals surface area contributed by atoms with Crippen molar-refractivity contribution in [2.24, 2.45) is 0 Å². The quantitative estimate of drug-likeness (QED) is 0.184. The number of carbonyl (C=O) groups excluding carboxylic acids is 1. The Morgan fingerprint density at radius 2 is 1.73 bits per heavy atom. The van der Waals surface area contributed by atoms with E-state index in [1.807, 2.05) is 36.4 Å². The van der Waals surface area contributed by atoms with Gasteiger partial charge in [-0.05, 0) is 59.7 Å². The SMILES string of the molecule is O=C(/C=C/c1ccc(Oc2ncnc3ccccc23)cc1)/C=C/c1cc([N+](=O)[O-])ccc1Cl. The number of nitro groups is 1. The molecule has 0 aliphatic heterocycles. The van der Waals surface area contributed by atoms with Gasteiger partial charge < -0.3 is 4.74 Å². The molecule has 0 fully saturated rings. The number of halogens is 1. The number of rotatable bonds is 7. The Kier molecular flexibility index (Phi) is 6.52. The molecule has 1 heterocycles. The molecule has 0 atom stereocenters. The highest BCUT2D eigenvalue weighted by atomic mass is 35.5. The summed E-state index contributed by atoms with van der Waals surface area (Å²) >= 11 is 6.04. The van der Waals surface area contributed by atoms with Gasteiger partial charge in [-0.2, -0.15) is 0 Å². The van der Waals surface area contributed by atoms with Crippen molar-refractivity contribution in [1.29, 1.82) is 0 Å². The fraction of sp³-hybridized carbons (Fsp3) is 0. The predicted octanol–water partition coefficient (Wildman–Crippen LogP) is 6.28. The molecule has 4 rings (SSSR count). The van der Waals surface area contributed by atoms with Crippen LogP contribution in [0.3, 0.4) is 0 Å². The normalized spacial score (nSPS) is 11.3. The van der Waals surface area contributed by atoms with E-state index in [1.165, 1.54) is 42.8 Å². The van der Waals surface area contributed by atoms with E-state index in [1.54, 1.807) is 18.2 Å². The third-order valence-electron chi connectivity index (χ3n) is 4.66. The first-order valence-electron chi connectivity index (χ1n) is 9.81. The van der Waals surface area contributed by atoms with Crippen LogP contribution < -0.4 is 4.74 Å². The van der Waals surface area contributed by atoms with Crippen LogP contribution in [0.1, 0.15) is 11.1 Å². The third kappa shape index (κ3) is 5.47. The Hall–Kier alpha value is -4.36. The smallest absolute Gasteiger partial charge is 0.270 e. The lowest BCUT2D eigenvalue weighted by Gasteiger charge is -2.07. The summed E-state index contributed by atoms with van der Waals surface area (Å²) in [5.74, 6) is 0.775. The predicted molar refractivity (Wildman–Crippen MR) is 127 cm³/mol. The lowest BCUT2D eigenvalue weighted by atomic mass is 10.1. The highest BCUT2D eigenvalue weighted by molar-refractivity contribution is 6.32. The molecule has 1 aromatic heterocycles. The second-order valence-electron chi connectivity index (χ2n) is 6.90. The second-order valence-corrected chi connectivity index (χ2v) is 7.31. The number of benzene rings is 3. The summed E-state index contributed by atoms with van der Waals surface area (Å²) in [5.41, 5.74) is 1.88. The summed E-state index contributed by atoms with van der Waals surface area (Å²) in [6.07, 6.45) is 7.26. The fourth-order valence-electron chi connectivity index (χ4n) is 3.00. The van der Waals surface area contributed by atoms with Gasteiger partial charge in [0.05, 0.1) is 15.8 Å². The first kappa shape index (κ1) is 21.9. The van der Waals surface area contributed by atoms with Crippen LogP contribution in [0.15, 0.2) is 85.2 Å². The Morgan fingerprint density at radius 3 is 2.52 bits per heavy atom. The van der Waals surface area contributed by atoms with E-state index < -0.39 is 4.92 Å². The zero-order valence-corrected chi connectivity index (χ0v) is 17.8. The van der Waals surface area contributed by atoms with Gasteiger partial charge in [0.1, 0.15) is 12.1 Å². The lowest BCUT2D eigenvalue weighted by Crippen LogP contribution is -1.91. The number of fused-ring (bicyclic) bond motifs is 1. The van der Waals surface area contributed by atoms with E-state index in [-0.39, 0.29) is 11.5 Å². The van der Waals surface area contributed by atoms with Crippen molar-refractivity contribution >= 4 is 46.1 Å². The number of non-ortho nitro benzene ring substituents is 1. The molecule has 0 unspecified atom stereocenters. The Bertz CT molecular complexity index is 1390. The van der Waals surface area contributed by atoms with Crippen LogP contribution in [0.25, 0.3) is 23.1 Å². The summed E-state index contributed by atoms with van der Waals surface area (Å²) in [4.78, 5) is 31.0. The van der Waals surface area contributed by atoms with Crippen molar-refractivity contribution < 1.29 is 14.5 Å². The monoisotopic (exact) mass is 457 g/mol. The standard InChI is InChI=1S/C25H16ClN3O4/c26-23-14-9-19(29(31)32)15-18(23)8-11-20(30)10-5-17-6-12-21(13-7-17)33-25-22-3-1-2-4-24(22)27-16-28-25/h1-16H/b10-5+,11-8+. The summed E-state index contributed by atoms with van der Waals surface area (Å²) in [7, 11) is 0. The topological polar surface area (TPSA) is 95.2 Å². The number of ketones is 1. The van der Waals surface area contributed by atoms with Crippen molar-refractivity contribution in [3.63, 3.8) is 0 Å². The second kappa shape index (κ2) is 9.84. The molecular weight excluding hydrogens is 442 g/mol. The number of hydrogen-bond donors (Lipinski definition) is 0. The van der Waals surface area contributed by atoms with Gasteiger partial charge in [-0.25, -0.2) is 9.97 Å². The van der Waals surface area contributed by atoms with Crippen molar-refractivity contribution in [3.05, 3.63) is 111 Å². The molecule has 4 aromatic rings. The molecule has 3 aromatic carbocycles. The Labute approximate surface area is 193 Å². The average molecular weight is 458 g/mol. The van der Waals surface area contributed by atoms with Crippen LogP contribution in [0.4, 0.5) is 5.69 Å². The highest BCUT2D eigenvalue weighted by Gasteiger charge is 2.08. The summed E-state index contributed by atoms with van der Waals surface area (Å²) < 4.78 is 5.88. The molecule has 0 aliphatic rings. The largest absolute Gasteiger partial charge is 0.438 e. The molecule has 0 saturated carbocycles. The minimum absolute atomic E-state index is 0.0979. The molecule has 0 aliphatic carbocycles. The number of ether oxygens (including phenoxy) is 1. The highest BCUT2D eigenvalue weighted by Crippen LogP contribution is 2.27. The number of para-hydroxylation sites is 1. The van der Waals surface area contributed by atoms with Crippen LogP contribution in [-0.2, 0) is 4.79 Å². The van der Waals surface area contributed by atoms with Gasteiger partial charge in [-0.15, -0.1) is 0 Å². The summed E-state index contributed by atoms with van der Waals surface area (Å²) in [6, 6.07) is 18.8. The van der Waals surface area contributed by atoms with Gasteiger partial charge in [-0.1, -0.05) is 41.9 Å². The number of hydrogen-bond acceptors (Lipinski definition) is 6. The molecule has 7 nitrogen and oxygen atoms in total. The van der Waals surface area contributed by atoms with E-state index in [9.17, 15) is 14.9 Å². The van der Waals surface area contributed by atoms with E-state index >= 15 is 0 Å². The van der Waals surface area contributed by atoms with Gasteiger partial charge in [0, 0.05) is 17.2 Å². The maximum absolute atomic E-state index is 12.2. The van der Waals surface area contributed by atoms with E-state index in [2.05, 4.69) is 9.97 Å². The molecule has 33 heavy (non-hydrogen) atoms. The Balaban J connectivity index is 1.42. The number of aromatic nitrogens is 2. The first-order valence-corrected chi connectivity index (χ1v) is 10.2. The number of nitro benzene ring substituents is 1. The molecule has 0 amide bonds. The summed E-state index contributed by atoms with van der Waals surface area (Å²) in [6.45, 7) is 0. The van der Waals surface area contributed by atoms with Crippen molar-refractivity contribution in [2.75, 3.05) is 0 Å². The fourth-order valence-corrected chi connectivity index (χ4v) is 3.18. The number of carbonyl (C=O) groups is 1. The van der Waals surface area contributed by atoms with E-state index in [0.29, 0.717) is 22.2 Å². The maximum Gasteiger partial charge on any atom is 0.270 e. The van der Waals surface area contributed by atoms with E-state index in [0.717, 1.165) is 16.5 Å². The zero-order chi connectivity index (χ0) is 23.2. The number of allylic oxidation sites excluding steroid dienone is 2. The van der Waals surface area contributed by atoms with E-state index in [4.69, 9.17) is 16.3 Å². The van der Waals surface area contributed by atoms with Gasteiger partial charge in [0.2, 0.25) is 5.88 Å². The first-order chi connectivity index (χ1) is 16.0. The van der Waals surface area contributed by atoms with Gasteiger partial charge >= 0.3 is 0 Å². The molecule has 162 valence electrons. The zero-order valence-electron chi connectivity index (χ0n) is 17.1. The maximum atomic E-state index is 12.2. The van der Waals surface area contributed by atoms with Crippen LogP contribution in [-0.4, -0.2) is 20.7 Å². The molecule has 0 spiro atoms. The van der Waals surface area contributed by atoms with Crippen molar-refractivity contribution in [1.82, 2.24) is 9.97 Å². The average Bonchev–Trinajstić information content (AvgIpc) is 2.83. The minimum atomic E-state index is -0.518. The molecule has 0 saturated heterocycles. The molecule has 0 radical (unpaired) electrons. The molecule has 8 heteroatoms. The minimum Gasteiger partial charge on any atom is -0.438 e. The van der Waals surface area contributed by atoms with Crippen LogP contribution >= 0.6 is 11.6 Å². The van der Waals surface area contributed by atoms with Crippen molar-refractivity contribution in [2.45, 2.75) is 0 Å². The van der Waals surface area contributed by atoms with Gasteiger partial charge in [0.15, 0.2) is 5.78 Å². The third-order valence-corrected chi connectivity index (χ3v) is 5.00. The van der Waals surface area contributed by atoms with Crippen LogP contribution in [0.2, 0.25) is 5.02 Å². The molecule has 0 bridgehead atoms. The van der Waals surface area contributed by atoms with Crippen molar-refractivity contribution in [3.8, 4) is 11.6 Å². The van der Waals surface area contributed by atoms with Crippen LogP contribution in [0, 0.1) is 10.1 Å². The van der Waals surface area contributed by atoms with Gasteiger partial charge in [-0.3, -0.25) is 14.9 Å².